The molecule has 5 heteroatoms. The molecule has 0 atom stereocenters. The highest BCUT2D eigenvalue weighted by Crippen LogP contribution is 2.26. The van der Waals surface area contributed by atoms with Gasteiger partial charge in [0.1, 0.15) is 12.4 Å². The second-order valence-electron chi connectivity index (χ2n) is 3.91. The summed E-state index contributed by atoms with van der Waals surface area (Å²) in [6.07, 6.45) is 0. The van der Waals surface area contributed by atoms with E-state index >= 15 is 0 Å². The number of ether oxygens (including phenoxy) is 1. The van der Waals surface area contributed by atoms with Crippen molar-refractivity contribution in [2.75, 3.05) is 0 Å². The van der Waals surface area contributed by atoms with Gasteiger partial charge in [-0.2, -0.15) is 0 Å². The summed E-state index contributed by atoms with van der Waals surface area (Å²) in [6, 6.07) is 11.2. The van der Waals surface area contributed by atoms with Gasteiger partial charge in [-0.3, -0.25) is 0 Å². The minimum absolute atomic E-state index is 0.392. The topological polar surface area (TPSA) is 9.23 Å². The first-order chi connectivity index (χ1) is 9.10. The van der Waals surface area contributed by atoms with Crippen LogP contribution in [0.2, 0.25) is 10.0 Å². The summed E-state index contributed by atoms with van der Waals surface area (Å²) in [5.41, 5.74) is 2.01. The first kappa shape index (κ1) is 15.2. The van der Waals surface area contributed by atoms with Crippen molar-refractivity contribution in [3.8, 4) is 5.75 Å². The Kier molecular flexibility index (Phi) is 5.58. The third kappa shape index (κ3) is 4.12. The summed E-state index contributed by atoms with van der Waals surface area (Å²) < 4.78 is 6.79. The van der Waals surface area contributed by atoms with Gasteiger partial charge < -0.3 is 4.74 Å². The van der Waals surface area contributed by atoms with E-state index < -0.39 is 0 Å². The molecule has 0 radical (unpaired) electrons. The number of halogens is 4. The molecule has 2 rings (SSSR count). The number of benzene rings is 2. The molecule has 0 aliphatic rings. The molecule has 0 aliphatic carbocycles. The molecule has 0 heterocycles. The Morgan fingerprint density at radius 1 is 1.00 bits per heavy atom. The fourth-order valence-corrected chi connectivity index (χ4v) is 3.15. The second kappa shape index (κ2) is 6.98. The van der Waals surface area contributed by atoms with Gasteiger partial charge in [-0.25, -0.2) is 0 Å². The van der Waals surface area contributed by atoms with Crippen molar-refractivity contribution in [3.05, 3.63) is 62.0 Å². The zero-order chi connectivity index (χ0) is 13.8. The molecule has 100 valence electrons. The first-order valence-electron chi connectivity index (χ1n) is 5.51. The standard InChI is InChI=1S/C14H10Br2Cl2O/c15-7-9-6-12(2-3-13(9)16)19-8-10-5-11(17)1-4-14(10)18/h1-6H,7-8H2. The van der Waals surface area contributed by atoms with Crippen molar-refractivity contribution in [2.45, 2.75) is 11.9 Å². The van der Waals surface area contributed by atoms with Gasteiger partial charge >= 0.3 is 0 Å². The maximum atomic E-state index is 6.09. The molecule has 0 unspecified atom stereocenters. The van der Waals surface area contributed by atoms with Gasteiger partial charge in [0.25, 0.3) is 0 Å². The molecule has 0 bridgehead atoms. The number of alkyl halides is 1. The second-order valence-corrected chi connectivity index (χ2v) is 6.17. The molecular weight excluding hydrogens is 415 g/mol. The summed E-state index contributed by atoms with van der Waals surface area (Å²) in [7, 11) is 0. The molecule has 0 saturated carbocycles. The lowest BCUT2D eigenvalue weighted by atomic mass is 10.2. The molecule has 0 N–H and O–H groups in total. The van der Waals surface area contributed by atoms with Crippen molar-refractivity contribution >= 4 is 55.1 Å². The molecular formula is C14H10Br2Cl2O. The van der Waals surface area contributed by atoms with Crippen LogP contribution in [0.5, 0.6) is 5.75 Å². The molecule has 1 nitrogen and oxygen atoms in total. The van der Waals surface area contributed by atoms with E-state index in [1.54, 1.807) is 12.1 Å². The zero-order valence-electron chi connectivity index (χ0n) is 9.80. The predicted molar refractivity (Wildman–Crippen MR) is 87.6 cm³/mol. The average molecular weight is 425 g/mol. The smallest absolute Gasteiger partial charge is 0.120 e. The summed E-state index contributed by atoms with van der Waals surface area (Å²) in [6.45, 7) is 0.392. The highest BCUT2D eigenvalue weighted by molar-refractivity contribution is 9.10. The van der Waals surface area contributed by atoms with Gasteiger partial charge in [0, 0.05) is 25.4 Å². The molecule has 2 aromatic rings. The third-order valence-corrected chi connectivity index (χ3v) is 4.54. The van der Waals surface area contributed by atoms with Gasteiger partial charge in [0.2, 0.25) is 0 Å². The van der Waals surface area contributed by atoms with Crippen LogP contribution in [0.15, 0.2) is 40.9 Å². The Morgan fingerprint density at radius 3 is 2.53 bits per heavy atom. The van der Waals surface area contributed by atoms with Crippen molar-refractivity contribution in [1.29, 1.82) is 0 Å². The summed E-state index contributed by atoms with van der Waals surface area (Å²) in [5, 5.41) is 2.07. The average Bonchev–Trinajstić information content (AvgIpc) is 2.41. The van der Waals surface area contributed by atoms with Crippen LogP contribution in [0.4, 0.5) is 0 Å². The van der Waals surface area contributed by atoms with Crippen LogP contribution in [0, 0.1) is 0 Å². The highest BCUT2D eigenvalue weighted by atomic mass is 79.9. The maximum Gasteiger partial charge on any atom is 0.120 e. The van der Waals surface area contributed by atoms with E-state index in [4.69, 9.17) is 27.9 Å². The Hall–Kier alpha value is -0.220. The van der Waals surface area contributed by atoms with Crippen molar-refractivity contribution < 1.29 is 4.74 Å². The minimum atomic E-state index is 0.392. The summed E-state index contributed by atoms with van der Waals surface area (Å²) in [4.78, 5) is 0. The van der Waals surface area contributed by atoms with Gasteiger partial charge in [-0.1, -0.05) is 55.1 Å². The van der Waals surface area contributed by atoms with E-state index in [-0.39, 0.29) is 0 Å². The minimum Gasteiger partial charge on any atom is -0.489 e. The lowest BCUT2D eigenvalue weighted by molar-refractivity contribution is 0.306. The molecule has 0 aromatic heterocycles. The molecule has 2 aromatic carbocycles. The largest absolute Gasteiger partial charge is 0.489 e. The van der Waals surface area contributed by atoms with Gasteiger partial charge in [0.15, 0.2) is 0 Å². The quantitative estimate of drug-likeness (QED) is 0.528. The number of hydrogen-bond donors (Lipinski definition) is 0. The lowest BCUT2D eigenvalue weighted by Gasteiger charge is -2.10. The van der Waals surface area contributed by atoms with E-state index in [1.165, 1.54) is 0 Å². The van der Waals surface area contributed by atoms with Crippen LogP contribution in [-0.4, -0.2) is 0 Å². The molecule has 0 aliphatic heterocycles. The van der Waals surface area contributed by atoms with Gasteiger partial charge in [0.05, 0.1) is 0 Å². The highest BCUT2D eigenvalue weighted by Gasteiger charge is 2.05. The Labute approximate surface area is 139 Å². The normalized spacial score (nSPS) is 10.5. The van der Waals surface area contributed by atoms with Crippen LogP contribution in [0.25, 0.3) is 0 Å². The van der Waals surface area contributed by atoms with E-state index in [9.17, 15) is 0 Å². The maximum absolute atomic E-state index is 6.09. The molecule has 0 amide bonds. The van der Waals surface area contributed by atoms with Crippen LogP contribution in [0.3, 0.4) is 0 Å². The Balaban J connectivity index is 2.12. The summed E-state index contributed by atoms with van der Waals surface area (Å²) >= 11 is 19.0. The monoisotopic (exact) mass is 422 g/mol. The predicted octanol–water partition coefficient (Wildman–Crippen LogP) is 6.23. The van der Waals surface area contributed by atoms with E-state index in [1.807, 2.05) is 24.3 Å². The van der Waals surface area contributed by atoms with Crippen LogP contribution >= 0.6 is 55.1 Å². The Morgan fingerprint density at radius 2 is 1.79 bits per heavy atom. The fourth-order valence-electron chi connectivity index (χ4n) is 1.56. The molecule has 0 saturated heterocycles. The van der Waals surface area contributed by atoms with Crippen molar-refractivity contribution in [1.82, 2.24) is 0 Å². The van der Waals surface area contributed by atoms with Crippen molar-refractivity contribution in [2.24, 2.45) is 0 Å². The third-order valence-electron chi connectivity index (χ3n) is 2.56. The van der Waals surface area contributed by atoms with E-state index in [0.717, 1.165) is 26.7 Å². The Bertz CT molecular complexity index is 588. The van der Waals surface area contributed by atoms with E-state index in [0.29, 0.717) is 16.7 Å². The van der Waals surface area contributed by atoms with Crippen molar-refractivity contribution in [3.63, 3.8) is 0 Å². The zero-order valence-corrected chi connectivity index (χ0v) is 14.5. The van der Waals surface area contributed by atoms with Crippen LogP contribution in [0.1, 0.15) is 11.1 Å². The number of hydrogen-bond acceptors (Lipinski definition) is 1. The van der Waals surface area contributed by atoms with Gasteiger partial charge in [-0.05, 0) is 42.0 Å². The van der Waals surface area contributed by atoms with E-state index in [2.05, 4.69) is 31.9 Å². The first-order valence-corrected chi connectivity index (χ1v) is 8.18. The SMILES string of the molecule is Clc1ccc(Cl)c(COc2ccc(Br)c(CBr)c2)c1. The van der Waals surface area contributed by atoms with Crippen LogP contribution in [-0.2, 0) is 11.9 Å². The molecule has 0 spiro atoms. The molecule has 0 fully saturated rings. The summed E-state index contributed by atoms with van der Waals surface area (Å²) in [5.74, 6) is 0.800. The van der Waals surface area contributed by atoms with Gasteiger partial charge in [-0.15, -0.1) is 0 Å². The van der Waals surface area contributed by atoms with Crippen LogP contribution < -0.4 is 4.74 Å². The lowest BCUT2D eigenvalue weighted by Crippen LogP contribution is -1.97. The number of rotatable bonds is 4. The molecule has 19 heavy (non-hydrogen) atoms. The fraction of sp³-hybridized carbons (Fsp3) is 0.143.